The van der Waals surface area contributed by atoms with E-state index in [2.05, 4.69) is 26.8 Å². The summed E-state index contributed by atoms with van der Waals surface area (Å²) in [4.78, 5) is 1.23. The van der Waals surface area contributed by atoms with E-state index in [9.17, 15) is 0 Å². The molecule has 1 aromatic carbocycles. The monoisotopic (exact) mass is 210 g/mol. The molecule has 1 rings (SSSR count). The molecule has 0 heterocycles. The molecule has 3 heteroatoms. The number of anilines is 1. The lowest BCUT2D eigenvalue weighted by Gasteiger charge is -2.18. The van der Waals surface area contributed by atoms with Crippen LogP contribution in [0.4, 0.5) is 5.69 Å². The third-order valence-corrected chi connectivity index (χ3v) is 2.86. The van der Waals surface area contributed by atoms with Gasteiger partial charge in [-0.15, -0.1) is 11.8 Å². The number of hydrogen-bond acceptors (Lipinski definition) is 3. The minimum atomic E-state index is 0.224. The van der Waals surface area contributed by atoms with Crippen molar-refractivity contribution in [2.24, 2.45) is 5.73 Å². The van der Waals surface area contributed by atoms with Crippen LogP contribution in [0.15, 0.2) is 23.1 Å². The van der Waals surface area contributed by atoms with E-state index in [-0.39, 0.29) is 4.75 Å². The fraction of sp³-hybridized carbons (Fsp3) is 0.455. The van der Waals surface area contributed by atoms with Crippen molar-refractivity contribution in [2.45, 2.75) is 37.0 Å². The van der Waals surface area contributed by atoms with Gasteiger partial charge in [-0.05, 0) is 23.8 Å². The summed E-state index contributed by atoms with van der Waals surface area (Å²) in [6.07, 6.45) is 0. The van der Waals surface area contributed by atoms with Crippen LogP contribution >= 0.6 is 11.8 Å². The Kier molecular flexibility index (Phi) is 3.45. The molecule has 0 saturated carbocycles. The molecule has 2 nitrogen and oxygen atoms in total. The highest BCUT2D eigenvalue weighted by Crippen LogP contribution is 2.33. The number of thioether (sulfide) groups is 1. The number of benzene rings is 1. The first-order valence-corrected chi connectivity index (χ1v) is 5.51. The van der Waals surface area contributed by atoms with Crippen LogP contribution in [0.25, 0.3) is 0 Å². The van der Waals surface area contributed by atoms with Gasteiger partial charge in [-0.1, -0.05) is 20.8 Å². The lowest BCUT2D eigenvalue weighted by atomic mass is 10.2. The fourth-order valence-electron chi connectivity index (χ4n) is 1.18. The van der Waals surface area contributed by atoms with Crippen LogP contribution in [-0.2, 0) is 6.54 Å². The van der Waals surface area contributed by atoms with Crippen molar-refractivity contribution in [3.05, 3.63) is 23.8 Å². The van der Waals surface area contributed by atoms with E-state index in [4.69, 9.17) is 11.5 Å². The Bertz CT molecular complexity index is 316. The van der Waals surface area contributed by atoms with E-state index < -0.39 is 0 Å². The predicted octanol–water partition coefficient (Wildman–Crippen LogP) is 2.62. The molecule has 14 heavy (non-hydrogen) atoms. The molecule has 0 aliphatic carbocycles. The molecule has 0 unspecified atom stereocenters. The molecule has 78 valence electrons. The Morgan fingerprint density at radius 2 is 1.93 bits per heavy atom. The van der Waals surface area contributed by atoms with Gasteiger partial charge in [-0.25, -0.2) is 0 Å². The number of nitrogen functional groups attached to an aromatic ring is 1. The van der Waals surface area contributed by atoms with Gasteiger partial charge in [0, 0.05) is 21.9 Å². The minimum Gasteiger partial charge on any atom is -0.398 e. The van der Waals surface area contributed by atoms with Gasteiger partial charge in [0.2, 0.25) is 0 Å². The molecule has 0 radical (unpaired) electrons. The zero-order valence-electron chi connectivity index (χ0n) is 9.00. The Morgan fingerprint density at radius 1 is 1.29 bits per heavy atom. The minimum absolute atomic E-state index is 0.224. The van der Waals surface area contributed by atoms with Crippen molar-refractivity contribution >= 4 is 17.4 Å². The molecule has 0 spiro atoms. The maximum Gasteiger partial charge on any atom is 0.0360 e. The SMILES string of the molecule is CC(C)(C)Sc1ccc(N)c(CN)c1. The zero-order chi connectivity index (χ0) is 10.8. The van der Waals surface area contributed by atoms with Crippen LogP contribution in [0.2, 0.25) is 0 Å². The number of hydrogen-bond donors (Lipinski definition) is 2. The number of rotatable bonds is 2. The first-order valence-electron chi connectivity index (χ1n) is 4.70. The first-order chi connectivity index (χ1) is 6.42. The maximum atomic E-state index is 5.77. The summed E-state index contributed by atoms with van der Waals surface area (Å²) in [5, 5.41) is 0. The van der Waals surface area contributed by atoms with Crippen molar-refractivity contribution in [2.75, 3.05) is 5.73 Å². The van der Waals surface area contributed by atoms with E-state index in [1.165, 1.54) is 4.90 Å². The van der Waals surface area contributed by atoms with Crippen LogP contribution in [0.5, 0.6) is 0 Å². The van der Waals surface area contributed by atoms with Gasteiger partial charge in [-0.2, -0.15) is 0 Å². The summed E-state index contributed by atoms with van der Waals surface area (Å²) in [7, 11) is 0. The van der Waals surface area contributed by atoms with Gasteiger partial charge in [0.05, 0.1) is 0 Å². The van der Waals surface area contributed by atoms with E-state index >= 15 is 0 Å². The van der Waals surface area contributed by atoms with Crippen LogP contribution < -0.4 is 11.5 Å². The average molecular weight is 210 g/mol. The standard InChI is InChI=1S/C11H18N2S/c1-11(2,3)14-9-4-5-10(13)8(6-9)7-12/h4-6H,7,12-13H2,1-3H3. The Balaban J connectivity index is 2.90. The normalized spacial score (nSPS) is 11.7. The molecule has 0 aliphatic heterocycles. The highest BCUT2D eigenvalue weighted by molar-refractivity contribution is 8.00. The molecule has 0 amide bonds. The second-order valence-corrected chi connectivity index (χ2v) is 6.18. The lowest BCUT2D eigenvalue weighted by molar-refractivity contribution is 0.802. The summed E-state index contributed by atoms with van der Waals surface area (Å²) >= 11 is 1.83. The van der Waals surface area contributed by atoms with Crippen molar-refractivity contribution in [3.63, 3.8) is 0 Å². The summed E-state index contributed by atoms with van der Waals surface area (Å²) in [5.74, 6) is 0. The second-order valence-electron chi connectivity index (χ2n) is 4.28. The largest absolute Gasteiger partial charge is 0.398 e. The van der Waals surface area contributed by atoms with E-state index in [0.29, 0.717) is 6.54 Å². The van der Waals surface area contributed by atoms with Crippen LogP contribution in [0.1, 0.15) is 26.3 Å². The third-order valence-electron chi connectivity index (χ3n) is 1.76. The molecular weight excluding hydrogens is 192 g/mol. The highest BCUT2D eigenvalue weighted by Gasteiger charge is 2.12. The summed E-state index contributed by atoms with van der Waals surface area (Å²) in [6, 6.07) is 6.05. The predicted molar refractivity (Wildman–Crippen MR) is 64.4 cm³/mol. The molecule has 0 aromatic heterocycles. The Labute approximate surface area is 90.1 Å². The molecule has 0 bridgehead atoms. The van der Waals surface area contributed by atoms with E-state index in [1.807, 2.05) is 23.9 Å². The lowest BCUT2D eigenvalue weighted by Crippen LogP contribution is -2.07. The maximum absolute atomic E-state index is 5.77. The summed E-state index contributed by atoms with van der Waals surface area (Å²) in [6.45, 7) is 7.08. The third kappa shape index (κ3) is 3.24. The molecule has 0 atom stereocenters. The van der Waals surface area contributed by atoms with Crippen LogP contribution in [0, 0.1) is 0 Å². The Morgan fingerprint density at radius 3 is 2.43 bits per heavy atom. The van der Waals surface area contributed by atoms with Crippen molar-refractivity contribution < 1.29 is 0 Å². The molecule has 0 aliphatic rings. The second kappa shape index (κ2) is 4.24. The van der Waals surface area contributed by atoms with Gasteiger partial charge in [0.15, 0.2) is 0 Å². The van der Waals surface area contributed by atoms with Crippen molar-refractivity contribution in [3.8, 4) is 0 Å². The van der Waals surface area contributed by atoms with E-state index in [1.54, 1.807) is 0 Å². The van der Waals surface area contributed by atoms with Gasteiger partial charge in [-0.3, -0.25) is 0 Å². The summed E-state index contributed by atoms with van der Waals surface area (Å²) < 4.78 is 0.224. The van der Waals surface area contributed by atoms with Gasteiger partial charge < -0.3 is 11.5 Å². The fourth-order valence-corrected chi connectivity index (χ4v) is 2.22. The van der Waals surface area contributed by atoms with Gasteiger partial charge in [0.25, 0.3) is 0 Å². The van der Waals surface area contributed by atoms with Gasteiger partial charge in [0.1, 0.15) is 0 Å². The van der Waals surface area contributed by atoms with Crippen molar-refractivity contribution in [1.82, 2.24) is 0 Å². The zero-order valence-corrected chi connectivity index (χ0v) is 9.82. The molecular formula is C11H18N2S. The van der Waals surface area contributed by atoms with Crippen LogP contribution in [-0.4, -0.2) is 4.75 Å². The first kappa shape index (κ1) is 11.4. The average Bonchev–Trinajstić information content (AvgIpc) is 2.06. The van der Waals surface area contributed by atoms with Crippen LogP contribution in [0.3, 0.4) is 0 Å². The topological polar surface area (TPSA) is 52.0 Å². The molecule has 1 aromatic rings. The Hall–Kier alpha value is -0.670. The number of nitrogens with two attached hydrogens (primary N) is 2. The van der Waals surface area contributed by atoms with Crippen molar-refractivity contribution in [1.29, 1.82) is 0 Å². The van der Waals surface area contributed by atoms with Gasteiger partial charge >= 0.3 is 0 Å². The summed E-state index contributed by atoms with van der Waals surface area (Å²) in [5.41, 5.74) is 13.2. The molecule has 0 saturated heterocycles. The van der Waals surface area contributed by atoms with E-state index in [0.717, 1.165) is 11.3 Å². The quantitative estimate of drug-likeness (QED) is 0.583. The smallest absolute Gasteiger partial charge is 0.0360 e. The molecule has 4 N–H and O–H groups in total. The highest BCUT2D eigenvalue weighted by atomic mass is 32.2. The molecule has 0 fully saturated rings.